The zero-order valence-corrected chi connectivity index (χ0v) is 11.1. The van der Waals surface area contributed by atoms with Gasteiger partial charge in [0.15, 0.2) is 0 Å². The smallest absolute Gasteiger partial charge is 0.373 e. The number of nitrogens with zero attached hydrogens (tertiary/aromatic N) is 1. The van der Waals surface area contributed by atoms with Crippen LogP contribution in [0.3, 0.4) is 0 Å². The van der Waals surface area contributed by atoms with Crippen molar-refractivity contribution < 1.29 is 17.9 Å². The highest BCUT2D eigenvalue weighted by Crippen LogP contribution is 2.29. The van der Waals surface area contributed by atoms with E-state index >= 15 is 0 Å². The van der Waals surface area contributed by atoms with E-state index in [-0.39, 0.29) is 12.2 Å². The second kappa shape index (κ2) is 5.51. The Hall–Kier alpha value is -1.07. The maximum absolute atomic E-state index is 12.5. The van der Waals surface area contributed by atoms with Gasteiger partial charge in [-0.25, -0.2) is 0 Å². The quantitative estimate of drug-likeness (QED) is 0.819. The Morgan fingerprint density at radius 1 is 1.11 bits per heavy atom. The number of benzene rings is 1. The van der Waals surface area contributed by atoms with Gasteiger partial charge in [-0.05, 0) is 31.5 Å². The average Bonchev–Trinajstić information content (AvgIpc) is 2.26. The summed E-state index contributed by atoms with van der Waals surface area (Å²) in [6.07, 6.45) is -3.93. The van der Waals surface area contributed by atoms with Gasteiger partial charge in [0.2, 0.25) is 0 Å². The van der Waals surface area contributed by atoms with E-state index in [4.69, 9.17) is 4.74 Å². The molecular weight excluding hydrogens is 255 g/mol. The van der Waals surface area contributed by atoms with Crippen LogP contribution in [0.5, 0.6) is 0 Å². The molecule has 0 spiro atoms. The molecule has 0 saturated carbocycles. The minimum atomic E-state index is -4.26. The van der Waals surface area contributed by atoms with Gasteiger partial charge in [-0.3, -0.25) is 4.90 Å². The van der Waals surface area contributed by atoms with Crippen molar-refractivity contribution in [2.75, 3.05) is 13.1 Å². The molecule has 0 aliphatic carbocycles. The molecule has 0 bridgehead atoms. The molecule has 0 amide bonds. The van der Waals surface area contributed by atoms with Gasteiger partial charge < -0.3 is 4.74 Å². The molecule has 5 heteroatoms. The molecule has 1 saturated heterocycles. The summed E-state index contributed by atoms with van der Waals surface area (Å²) in [6.45, 7) is 6.30. The lowest BCUT2D eigenvalue weighted by molar-refractivity contribution is -0.137. The molecule has 1 heterocycles. The largest absolute Gasteiger partial charge is 0.416 e. The van der Waals surface area contributed by atoms with Gasteiger partial charge in [0.05, 0.1) is 17.8 Å². The molecule has 0 aromatic heterocycles. The summed E-state index contributed by atoms with van der Waals surface area (Å²) in [5.41, 5.74) is 0.300. The highest BCUT2D eigenvalue weighted by molar-refractivity contribution is 5.24. The highest BCUT2D eigenvalue weighted by Gasteiger charge is 2.30. The lowest BCUT2D eigenvalue weighted by Crippen LogP contribution is -2.44. The summed E-state index contributed by atoms with van der Waals surface area (Å²) in [7, 11) is 0. The summed E-state index contributed by atoms with van der Waals surface area (Å²) in [5, 5.41) is 0. The third kappa shape index (κ3) is 3.94. The molecule has 106 valence electrons. The molecule has 0 N–H and O–H groups in total. The first kappa shape index (κ1) is 14.3. The van der Waals surface area contributed by atoms with E-state index in [1.807, 2.05) is 13.8 Å². The van der Waals surface area contributed by atoms with Crippen molar-refractivity contribution in [2.24, 2.45) is 0 Å². The first-order valence-electron chi connectivity index (χ1n) is 6.38. The number of ether oxygens (including phenoxy) is 1. The second-order valence-corrected chi connectivity index (χ2v) is 5.15. The van der Waals surface area contributed by atoms with Crippen LogP contribution in [0.2, 0.25) is 0 Å². The second-order valence-electron chi connectivity index (χ2n) is 5.15. The standard InChI is InChI=1S/C14H18F3NO/c1-10-7-18(8-11(2)19-10)9-12-3-5-13(6-4-12)14(15,16)17/h3-6,10-11H,7-9H2,1-2H3/t10-,11+. The first-order valence-corrected chi connectivity index (χ1v) is 6.38. The Bertz CT molecular complexity index is 406. The third-order valence-electron chi connectivity index (χ3n) is 3.18. The van der Waals surface area contributed by atoms with Crippen LogP contribution in [-0.4, -0.2) is 30.2 Å². The SMILES string of the molecule is C[C@@H]1CN(Cc2ccc(C(F)(F)F)cc2)C[C@H](C)O1. The van der Waals surface area contributed by atoms with Crippen molar-refractivity contribution in [2.45, 2.75) is 38.8 Å². The normalized spacial score (nSPS) is 25.5. The maximum atomic E-state index is 12.5. The van der Waals surface area contributed by atoms with Crippen molar-refractivity contribution in [3.05, 3.63) is 35.4 Å². The van der Waals surface area contributed by atoms with Crippen LogP contribution in [0, 0.1) is 0 Å². The van der Waals surface area contributed by atoms with Gasteiger partial charge in [-0.1, -0.05) is 12.1 Å². The topological polar surface area (TPSA) is 12.5 Å². The predicted molar refractivity (Wildman–Crippen MR) is 66.7 cm³/mol. The van der Waals surface area contributed by atoms with E-state index < -0.39 is 11.7 Å². The Labute approximate surface area is 111 Å². The summed E-state index contributed by atoms with van der Waals surface area (Å²) in [4.78, 5) is 2.21. The number of hydrogen-bond acceptors (Lipinski definition) is 2. The summed E-state index contributed by atoms with van der Waals surface area (Å²) >= 11 is 0. The van der Waals surface area contributed by atoms with Gasteiger partial charge in [-0.2, -0.15) is 13.2 Å². The molecule has 2 rings (SSSR count). The number of halogens is 3. The van der Waals surface area contributed by atoms with E-state index in [2.05, 4.69) is 4.90 Å². The molecule has 1 fully saturated rings. The van der Waals surface area contributed by atoms with Crippen molar-refractivity contribution in [3.8, 4) is 0 Å². The Morgan fingerprint density at radius 2 is 1.63 bits per heavy atom. The first-order chi connectivity index (χ1) is 8.84. The molecule has 1 aromatic carbocycles. The van der Waals surface area contributed by atoms with E-state index in [0.29, 0.717) is 6.54 Å². The Morgan fingerprint density at radius 3 is 2.11 bits per heavy atom. The van der Waals surface area contributed by atoms with Gasteiger partial charge in [-0.15, -0.1) is 0 Å². The maximum Gasteiger partial charge on any atom is 0.416 e. The van der Waals surface area contributed by atoms with Crippen molar-refractivity contribution >= 4 is 0 Å². The molecule has 1 aliphatic heterocycles. The molecule has 0 radical (unpaired) electrons. The summed E-state index contributed by atoms with van der Waals surface area (Å²) < 4.78 is 43.0. The van der Waals surface area contributed by atoms with Crippen molar-refractivity contribution in [1.82, 2.24) is 4.90 Å². The zero-order chi connectivity index (χ0) is 14.0. The monoisotopic (exact) mass is 273 g/mol. The predicted octanol–water partition coefficient (Wildman–Crippen LogP) is 3.31. The fourth-order valence-corrected chi connectivity index (χ4v) is 2.47. The Kier molecular flexibility index (Phi) is 4.16. The summed E-state index contributed by atoms with van der Waals surface area (Å²) in [5.74, 6) is 0. The zero-order valence-electron chi connectivity index (χ0n) is 11.1. The number of hydrogen-bond donors (Lipinski definition) is 0. The molecular formula is C14H18F3NO. The van der Waals surface area contributed by atoms with E-state index in [1.54, 1.807) is 12.1 Å². The minimum Gasteiger partial charge on any atom is -0.373 e. The number of rotatable bonds is 2. The fraction of sp³-hybridized carbons (Fsp3) is 0.571. The van der Waals surface area contributed by atoms with Crippen LogP contribution in [-0.2, 0) is 17.5 Å². The van der Waals surface area contributed by atoms with Gasteiger partial charge >= 0.3 is 6.18 Å². The van der Waals surface area contributed by atoms with Gasteiger partial charge in [0.25, 0.3) is 0 Å². The lowest BCUT2D eigenvalue weighted by atomic mass is 10.1. The Balaban J connectivity index is 1.99. The van der Waals surface area contributed by atoms with E-state index in [1.165, 1.54) is 0 Å². The van der Waals surface area contributed by atoms with Gasteiger partial charge in [0, 0.05) is 19.6 Å². The molecule has 0 unspecified atom stereocenters. The van der Waals surface area contributed by atoms with Crippen LogP contribution in [0.1, 0.15) is 25.0 Å². The van der Waals surface area contributed by atoms with Crippen molar-refractivity contribution in [3.63, 3.8) is 0 Å². The van der Waals surface area contributed by atoms with Crippen LogP contribution < -0.4 is 0 Å². The molecule has 19 heavy (non-hydrogen) atoms. The van der Waals surface area contributed by atoms with Crippen LogP contribution in [0.4, 0.5) is 13.2 Å². The van der Waals surface area contributed by atoms with Crippen LogP contribution in [0.25, 0.3) is 0 Å². The number of alkyl halides is 3. The molecule has 1 aromatic rings. The molecule has 1 aliphatic rings. The van der Waals surface area contributed by atoms with Gasteiger partial charge in [0.1, 0.15) is 0 Å². The molecule has 2 atom stereocenters. The van der Waals surface area contributed by atoms with Crippen LogP contribution >= 0.6 is 0 Å². The summed E-state index contributed by atoms with van der Waals surface area (Å²) in [6, 6.07) is 5.38. The third-order valence-corrected chi connectivity index (χ3v) is 3.18. The fourth-order valence-electron chi connectivity index (χ4n) is 2.47. The minimum absolute atomic E-state index is 0.165. The lowest BCUT2D eigenvalue weighted by Gasteiger charge is -2.35. The van der Waals surface area contributed by atoms with Crippen molar-refractivity contribution in [1.29, 1.82) is 0 Å². The highest BCUT2D eigenvalue weighted by atomic mass is 19.4. The molecule has 2 nitrogen and oxygen atoms in total. The van der Waals surface area contributed by atoms with Crippen LogP contribution in [0.15, 0.2) is 24.3 Å². The van der Waals surface area contributed by atoms with E-state index in [0.717, 1.165) is 30.8 Å². The van der Waals surface area contributed by atoms with E-state index in [9.17, 15) is 13.2 Å². The number of morpholine rings is 1. The average molecular weight is 273 g/mol.